The van der Waals surface area contributed by atoms with Gasteiger partial charge in [0.1, 0.15) is 5.82 Å². The SMILES string of the molecule is CCCN(Cc1ccccc1N)c1ncc(Cl)cc1Cl. The van der Waals surface area contributed by atoms with E-state index in [0.29, 0.717) is 16.6 Å². The number of benzene rings is 1. The zero-order valence-corrected chi connectivity index (χ0v) is 12.8. The number of nitrogens with zero attached hydrogens (tertiary/aromatic N) is 2. The van der Waals surface area contributed by atoms with Crippen LogP contribution in [0.1, 0.15) is 18.9 Å². The molecule has 0 unspecified atom stereocenters. The summed E-state index contributed by atoms with van der Waals surface area (Å²) in [4.78, 5) is 6.46. The van der Waals surface area contributed by atoms with Crippen molar-refractivity contribution in [3.8, 4) is 0 Å². The Hall–Kier alpha value is -1.45. The number of aromatic nitrogens is 1. The van der Waals surface area contributed by atoms with E-state index < -0.39 is 0 Å². The van der Waals surface area contributed by atoms with Crippen LogP contribution in [0.4, 0.5) is 11.5 Å². The summed E-state index contributed by atoms with van der Waals surface area (Å²) in [5, 5.41) is 1.09. The first-order valence-corrected chi connectivity index (χ1v) is 7.26. The summed E-state index contributed by atoms with van der Waals surface area (Å²) in [6.07, 6.45) is 2.60. The molecule has 0 aliphatic heterocycles. The predicted molar refractivity (Wildman–Crippen MR) is 86.5 cm³/mol. The van der Waals surface area contributed by atoms with Gasteiger partial charge < -0.3 is 10.6 Å². The molecule has 0 spiro atoms. The van der Waals surface area contributed by atoms with Crippen LogP contribution in [-0.4, -0.2) is 11.5 Å². The smallest absolute Gasteiger partial charge is 0.147 e. The lowest BCUT2D eigenvalue weighted by Gasteiger charge is -2.25. The minimum atomic E-state index is 0.537. The Morgan fingerprint density at radius 1 is 1.25 bits per heavy atom. The Balaban J connectivity index is 2.29. The van der Waals surface area contributed by atoms with Crippen molar-refractivity contribution in [1.82, 2.24) is 4.98 Å². The summed E-state index contributed by atoms with van der Waals surface area (Å²) < 4.78 is 0. The van der Waals surface area contributed by atoms with Crippen LogP contribution < -0.4 is 10.6 Å². The first-order chi connectivity index (χ1) is 9.61. The summed E-state index contributed by atoms with van der Waals surface area (Å²) >= 11 is 12.1. The van der Waals surface area contributed by atoms with Crippen molar-refractivity contribution < 1.29 is 0 Å². The predicted octanol–water partition coefficient (Wildman–Crippen LogP) is 4.39. The number of hydrogen-bond acceptors (Lipinski definition) is 3. The monoisotopic (exact) mass is 309 g/mol. The highest BCUT2D eigenvalue weighted by molar-refractivity contribution is 6.36. The number of anilines is 2. The summed E-state index contributed by atoms with van der Waals surface area (Å²) in [5.74, 6) is 0.737. The molecule has 0 saturated carbocycles. The fourth-order valence-corrected chi connectivity index (χ4v) is 2.55. The number of halogens is 2. The molecule has 0 bridgehead atoms. The third-order valence-electron chi connectivity index (χ3n) is 3.00. The second-order valence-corrected chi connectivity index (χ2v) is 5.42. The Bertz CT molecular complexity index is 587. The molecule has 106 valence electrons. The highest BCUT2D eigenvalue weighted by Gasteiger charge is 2.13. The molecule has 1 aromatic carbocycles. The Kier molecular flexibility index (Phi) is 5.10. The molecule has 0 radical (unpaired) electrons. The molecule has 0 fully saturated rings. The molecule has 2 N–H and O–H groups in total. The minimum Gasteiger partial charge on any atom is -0.398 e. The average molecular weight is 310 g/mol. The van der Waals surface area contributed by atoms with E-state index >= 15 is 0 Å². The van der Waals surface area contributed by atoms with Gasteiger partial charge in [-0.25, -0.2) is 4.98 Å². The third-order valence-corrected chi connectivity index (χ3v) is 3.48. The number of hydrogen-bond donors (Lipinski definition) is 1. The molecule has 0 aliphatic rings. The molecule has 5 heteroatoms. The molecular formula is C15H17Cl2N3. The standard InChI is InChI=1S/C15H17Cl2N3/c1-2-7-20(10-11-5-3-4-6-14(11)18)15-13(17)8-12(16)9-19-15/h3-6,8-9H,2,7,10,18H2,1H3. The lowest BCUT2D eigenvalue weighted by atomic mass is 10.1. The van der Waals surface area contributed by atoms with E-state index in [9.17, 15) is 0 Å². The lowest BCUT2D eigenvalue weighted by molar-refractivity contribution is 0.756. The van der Waals surface area contributed by atoms with Crippen molar-refractivity contribution in [2.75, 3.05) is 17.2 Å². The quantitative estimate of drug-likeness (QED) is 0.833. The molecule has 0 atom stereocenters. The van der Waals surface area contributed by atoms with Crippen LogP contribution in [0, 0.1) is 0 Å². The Morgan fingerprint density at radius 2 is 2.00 bits per heavy atom. The fraction of sp³-hybridized carbons (Fsp3) is 0.267. The van der Waals surface area contributed by atoms with Crippen LogP contribution in [0.25, 0.3) is 0 Å². The topological polar surface area (TPSA) is 42.1 Å². The highest BCUT2D eigenvalue weighted by atomic mass is 35.5. The number of pyridine rings is 1. The number of para-hydroxylation sites is 1. The molecule has 0 aliphatic carbocycles. The van der Waals surface area contributed by atoms with Crippen LogP contribution in [0.3, 0.4) is 0 Å². The maximum Gasteiger partial charge on any atom is 0.147 e. The third kappa shape index (κ3) is 3.56. The molecule has 1 heterocycles. The number of nitrogen functional groups attached to an aromatic ring is 1. The van der Waals surface area contributed by atoms with E-state index in [0.717, 1.165) is 30.0 Å². The van der Waals surface area contributed by atoms with E-state index in [4.69, 9.17) is 28.9 Å². The highest BCUT2D eigenvalue weighted by Crippen LogP contribution is 2.28. The van der Waals surface area contributed by atoms with Crippen LogP contribution in [0.2, 0.25) is 10.0 Å². The van der Waals surface area contributed by atoms with Gasteiger partial charge in [0.15, 0.2) is 0 Å². The van der Waals surface area contributed by atoms with Crippen molar-refractivity contribution in [3.05, 3.63) is 52.1 Å². The average Bonchev–Trinajstić information content (AvgIpc) is 2.41. The molecule has 0 saturated heterocycles. The van der Waals surface area contributed by atoms with Gasteiger partial charge in [0, 0.05) is 25.0 Å². The first-order valence-electron chi connectivity index (χ1n) is 6.51. The van der Waals surface area contributed by atoms with Crippen molar-refractivity contribution in [1.29, 1.82) is 0 Å². The molecule has 2 aromatic rings. The second-order valence-electron chi connectivity index (χ2n) is 4.58. The molecule has 3 nitrogen and oxygen atoms in total. The zero-order chi connectivity index (χ0) is 14.5. The van der Waals surface area contributed by atoms with Crippen molar-refractivity contribution in [2.24, 2.45) is 0 Å². The summed E-state index contributed by atoms with van der Waals surface area (Å²) in [6.45, 7) is 3.64. The van der Waals surface area contributed by atoms with Gasteiger partial charge in [-0.1, -0.05) is 48.3 Å². The molecule has 1 aromatic heterocycles. The first kappa shape index (κ1) is 14.9. The van der Waals surface area contributed by atoms with Crippen molar-refractivity contribution >= 4 is 34.7 Å². The summed E-state index contributed by atoms with van der Waals surface area (Å²) in [7, 11) is 0. The Morgan fingerprint density at radius 3 is 2.65 bits per heavy atom. The van der Waals surface area contributed by atoms with Gasteiger partial charge in [0.2, 0.25) is 0 Å². The van der Waals surface area contributed by atoms with Gasteiger partial charge in [0.25, 0.3) is 0 Å². The largest absolute Gasteiger partial charge is 0.398 e. The molecule has 2 rings (SSSR count). The molecular weight excluding hydrogens is 293 g/mol. The van der Waals surface area contributed by atoms with E-state index in [1.165, 1.54) is 0 Å². The number of rotatable bonds is 5. The van der Waals surface area contributed by atoms with Gasteiger partial charge in [-0.05, 0) is 24.1 Å². The summed E-state index contributed by atoms with van der Waals surface area (Å²) in [6, 6.07) is 9.53. The van der Waals surface area contributed by atoms with Gasteiger partial charge >= 0.3 is 0 Å². The van der Waals surface area contributed by atoms with Crippen molar-refractivity contribution in [2.45, 2.75) is 19.9 Å². The maximum absolute atomic E-state index is 6.25. The summed E-state index contributed by atoms with van der Waals surface area (Å²) in [5.41, 5.74) is 7.84. The fourth-order valence-electron chi connectivity index (χ4n) is 2.05. The van der Waals surface area contributed by atoms with Crippen LogP contribution >= 0.6 is 23.2 Å². The maximum atomic E-state index is 6.25. The second kappa shape index (κ2) is 6.82. The van der Waals surface area contributed by atoms with Crippen LogP contribution in [0.5, 0.6) is 0 Å². The van der Waals surface area contributed by atoms with Gasteiger partial charge in [0.05, 0.1) is 10.0 Å². The van der Waals surface area contributed by atoms with Crippen LogP contribution in [-0.2, 0) is 6.54 Å². The van der Waals surface area contributed by atoms with E-state index in [2.05, 4.69) is 16.8 Å². The Labute approximate surface area is 129 Å². The van der Waals surface area contributed by atoms with Gasteiger partial charge in [-0.2, -0.15) is 0 Å². The van der Waals surface area contributed by atoms with E-state index in [1.54, 1.807) is 12.3 Å². The lowest BCUT2D eigenvalue weighted by Crippen LogP contribution is -2.25. The van der Waals surface area contributed by atoms with E-state index in [-0.39, 0.29) is 0 Å². The zero-order valence-electron chi connectivity index (χ0n) is 11.3. The van der Waals surface area contributed by atoms with Gasteiger partial charge in [-0.3, -0.25) is 0 Å². The molecule has 0 amide bonds. The van der Waals surface area contributed by atoms with Crippen molar-refractivity contribution in [3.63, 3.8) is 0 Å². The van der Waals surface area contributed by atoms with Crippen LogP contribution in [0.15, 0.2) is 36.5 Å². The van der Waals surface area contributed by atoms with E-state index in [1.807, 2.05) is 24.3 Å². The van der Waals surface area contributed by atoms with Gasteiger partial charge in [-0.15, -0.1) is 0 Å². The minimum absolute atomic E-state index is 0.537. The number of nitrogens with two attached hydrogens (primary N) is 1. The molecule has 20 heavy (non-hydrogen) atoms. The normalized spacial score (nSPS) is 10.6.